The lowest BCUT2D eigenvalue weighted by Crippen LogP contribution is -2.71. The molecule has 4 heterocycles. The Morgan fingerprint density at radius 1 is 1.26 bits per heavy atom. The number of benzene rings is 1. The van der Waals surface area contributed by atoms with Crippen LogP contribution in [0.2, 0.25) is 0 Å². The molecule has 3 aromatic rings. The molecule has 2 aliphatic heterocycles. The number of aromatic amines is 1. The highest BCUT2D eigenvalue weighted by Crippen LogP contribution is 2.41. The van der Waals surface area contributed by atoms with Crippen molar-refractivity contribution in [2.45, 2.75) is 23.2 Å². The van der Waals surface area contributed by atoms with Gasteiger partial charge in [0.15, 0.2) is 16.0 Å². The van der Waals surface area contributed by atoms with E-state index >= 15 is 0 Å². The summed E-state index contributed by atoms with van der Waals surface area (Å²) in [5.41, 5.74) is 4.91. The van der Waals surface area contributed by atoms with Gasteiger partial charge in [-0.1, -0.05) is 47.2 Å². The summed E-state index contributed by atoms with van der Waals surface area (Å²) < 4.78 is 1.26. The molecular weight excluding hydrogens is 609 g/mol. The standard InChI is InChI=1S/C24H22N8O7S3/c1-31-24(28-18(34)19(35)29-31)42-9-12-8-40-21-15(20(36)32(21)16(12)22(37)38)27-17(33)14(13-10-41-23(25)26-13)30-39-7-11-5-3-2-4-6-11/h2-6,10,15,21H,7-9H2,1H3,(H2,25,26)(H,27,33)(H,29,35)(H,37,38)/b30-14-/t15-,21-/m1/s1. The lowest BCUT2D eigenvalue weighted by molar-refractivity contribution is -0.150. The summed E-state index contributed by atoms with van der Waals surface area (Å²) in [4.78, 5) is 76.1. The number of aliphatic carboxylic acids is 1. The van der Waals surface area contributed by atoms with Crippen LogP contribution in [-0.4, -0.2) is 76.2 Å². The highest BCUT2D eigenvalue weighted by molar-refractivity contribution is 8.01. The van der Waals surface area contributed by atoms with Crippen LogP contribution in [0.25, 0.3) is 0 Å². The Morgan fingerprint density at radius 2 is 2.02 bits per heavy atom. The van der Waals surface area contributed by atoms with Gasteiger partial charge in [0.05, 0.1) is 0 Å². The number of nitrogens with one attached hydrogen (secondary N) is 2. The molecule has 18 heteroatoms. The number of thiazole rings is 1. The number of rotatable bonds is 10. The summed E-state index contributed by atoms with van der Waals surface area (Å²) in [6, 6.07) is 8.15. The number of carbonyl (C=O) groups excluding carboxylic acids is 2. The molecule has 218 valence electrons. The van der Waals surface area contributed by atoms with Crippen molar-refractivity contribution in [3.63, 3.8) is 0 Å². The third-order valence-electron chi connectivity index (χ3n) is 6.07. The first-order chi connectivity index (χ1) is 20.1. The van der Waals surface area contributed by atoms with Crippen LogP contribution in [0.5, 0.6) is 0 Å². The van der Waals surface area contributed by atoms with Crippen molar-refractivity contribution in [3.8, 4) is 0 Å². The number of fused-ring (bicyclic) bond motifs is 1. The van der Waals surface area contributed by atoms with E-state index in [1.54, 1.807) is 0 Å². The number of nitrogens with two attached hydrogens (primary N) is 1. The van der Waals surface area contributed by atoms with Gasteiger partial charge in [0.1, 0.15) is 29.4 Å². The zero-order chi connectivity index (χ0) is 30.0. The maximum Gasteiger partial charge on any atom is 0.352 e. The first-order valence-electron chi connectivity index (χ1n) is 12.1. The van der Waals surface area contributed by atoms with Gasteiger partial charge in [0.2, 0.25) is 0 Å². The first kappa shape index (κ1) is 29.1. The van der Waals surface area contributed by atoms with E-state index in [0.29, 0.717) is 5.57 Å². The molecule has 0 bridgehead atoms. The number of carbonyl (C=O) groups is 3. The van der Waals surface area contributed by atoms with Gasteiger partial charge in [-0.25, -0.2) is 9.78 Å². The zero-order valence-electron chi connectivity index (χ0n) is 21.7. The largest absolute Gasteiger partial charge is 0.477 e. The van der Waals surface area contributed by atoms with E-state index in [9.17, 15) is 29.1 Å². The maximum absolute atomic E-state index is 13.3. The molecule has 0 unspecified atom stereocenters. The van der Waals surface area contributed by atoms with Gasteiger partial charge >= 0.3 is 17.1 Å². The molecule has 1 saturated heterocycles. The molecule has 0 aliphatic carbocycles. The van der Waals surface area contributed by atoms with Gasteiger partial charge in [-0.05, 0) is 11.1 Å². The van der Waals surface area contributed by atoms with Crippen molar-refractivity contribution < 1.29 is 24.3 Å². The number of thioether (sulfide) groups is 2. The van der Waals surface area contributed by atoms with E-state index < -0.39 is 40.3 Å². The van der Waals surface area contributed by atoms with Gasteiger partial charge in [-0.3, -0.25) is 33.9 Å². The van der Waals surface area contributed by atoms with E-state index in [0.717, 1.165) is 33.6 Å². The molecule has 5 rings (SSSR count). The van der Waals surface area contributed by atoms with Gasteiger partial charge < -0.3 is 21.0 Å². The minimum absolute atomic E-state index is 0.0855. The van der Waals surface area contributed by atoms with Crippen LogP contribution in [0.1, 0.15) is 11.3 Å². The minimum Gasteiger partial charge on any atom is -0.477 e. The summed E-state index contributed by atoms with van der Waals surface area (Å²) in [6.45, 7) is 0.0855. The third-order valence-corrected chi connectivity index (χ3v) is 9.20. The Labute approximate surface area is 248 Å². The second kappa shape index (κ2) is 12.2. The van der Waals surface area contributed by atoms with Crippen LogP contribution in [0.3, 0.4) is 0 Å². The second-order valence-electron chi connectivity index (χ2n) is 8.88. The number of carboxylic acid groups (broad SMARTS) is 1. The van der Waals surface area contributed by atoms with Gasteiger partial charge in [-0.2, -0.15) is 4.98 Å². The van der Waals surface area contributed by atoms with Crippen LogP contribution < -0.4 is 22.2 Å². The summed E-state index contributed by atoms with van der Waals surface area (Å²) in [6.07, 6.45) is 0. The molecule has 2 aromatic heterocycles. The molecule has 1 fully saturated rings. The number of nitrogen functional groups attached to an aromatic ring is 1. The topological polar surface area (TPSA) is 215 Å². The summed E-state index contributed by atoms with van der Waals surface area (Å²) >= 11 is 3.42. The number of oxime groups is 1. The molecule has 5 N–H and O–H groups in total. The minimum atomic E-state index is -1.31. The van der Waals surface area contributed by atoms with Gasteiger partial charge in [0, 0.05) is 23.9 Å². The molecule has 0 radical (unpaired) electrons. The van der Waals surface area contributed by atoms with Crippen molar-refractivity contribution in [3.05, 3.63) is 78.9 Å². The lowest BCUT2D eigenvalue weighted by atomic mass is 10.0. The average molecular weight is 631 g/mol. The smallest absolute Gasteiger partial charge is 0.352 e. The number of hydrogen-bond donors (Lipinski definition) is 4. The molecular formula is C24H22N8O7S3. The molecule has 2 amide bonds. The van der Waals surface area contributed by atoms with E-state index in [4.69, 9.17) is 10.6 Å². The Bertz CT molecular complexity index is 1730. The summed E-state index contributed by atoms with van der Waals surface area (Å²) in [5, 5.41) is 20.1. The number of β-lactam (4-membered cyclic amide) rings is 1. The van der Waals surface area contributed by atoms with Gasteiger partial charge in [-0.15, -0.1) is 23.1 Å². The second-order valence-corrected chi connectivity index (χ2v) is 11.8. The normalized spacial score (nSPS) is 18.4. The fourth-order valence-corrected chi connectivity index (χ4v) is 7.04. The van der Waals surface area contributed by atoms with Crippen molar-refractivity contribution in [1.82, 2.24) is 30.0 Å². The Morgan fingerprint density at radius 3 is 2.71 bits per heavy atom. The number of aryl methyl sites for hydroxylation is 1. The fourth-order valence-electron chi connectivity index (χ4n) is 4.09. The number of amides is 2. The van der Waals surface area contributed by atoms with Crippen LogP contribution in [0.15, 0.2) is 66.9 Å². The Balaban J connectivity index is 1.31. The van der Waals surface area contributed by atoms with Gasteiger partial charge in [0.25, 0.3) is 11.8 Å². The van der Waals surface area contributed by atoms with Crippen molar-refractivity contribution >= 4 is 63.5 Å². The highest BCUT2D eigenvalue weighted by atomic mass is 32.2. The van der Waals surface area contributed by atoms with Crippen molar-refractivity contribution in [2.75, 3.05) is 17.2 Å². The zero-order valence-corrected chi connectivity index (χ0v) is 24.1. The predicted octanol–water partition coefficient (Wildman–Crippen LogP) is -0.0409. The van der Waals surface area contributed by atoms with Crippen molar-refractivity contribution in [2.24, 2.45) is 12.2 Å². The Hall–Kier alpha value is -4.42. The predicted molar refractivity (Wildman–Crippen MR) is 155 cm³/mol. The lowest BCUT2D eigenvalue weighted by Gasteiger charge is -2.49. The first-order valence-corrected chi connectivity index (χ1v) is 15.0. The fraction of sp³-hybridized carbons (Fsp3) is 0.250. The van der Waals surface area contributed by atoms with E-state index in [1.165, 1.54) is 28.9 Å². The molecule has 2 aliphatic rings. The maximum atomic E-state index is 13.3. The number of aromatic nitrogens is 4. The Kier molecular flexibility index (Phi) is 8.46. The SMILES string of the molecule is Cn1[nH]c(=O)c(=O)nc1SCC1=C(C(=O)O)N2C(=O)[C@@H](NC(=O)/C(=N\OCc3ccccc3)c3csc(N)n3)[C@H]2SC1. The summed E-state index contributed by atoms with van der Waals surface area (Å²) in [5.74, 6) is -2.34. The molecule has 2 atom stereocenters. The number of H-pyrrole nitrogens is 1. The van der Waals surface area contributed by atoms with Crippen molar-refractivity contribution in [1.29, 1.82) is 0 Å². The molecule has 0 saturated carbocycles. The number of nitrogens with zero attached hydrogens (tertiary/aromatic N) is 5. The molecule has 0 spiro atoms. The molecule has 42 heavy (non-hydrogen) atoms. The number of anilines is 1. The number of carboxylic acids is 1. The third kappa shape index (κ3) is 5.95. The quantitative estimate of drug-likeness (QED) is 0.0763. The average Bonchev–Trinajstić information content (AvgIpc) is 3.40. The van der Waals surface area contributed by atoms with Crippen LogP contribution in [0.4, 0.5) is 5.13 Å². The van der Waals surface area contributed by atoms with E-state index in [1.807, 2.05) is 30.3 Å². The van der Waals surface area contributed by atoms with Crippen LogP contribution in [-0.2, 0) is 32.9 Å². The van der Waals surface area contributed by atoms with E-state index in [2.05, 4.69) is 25.5 Å². The highest BCUT2D eigenvalue weighted by Gasteiger charge is 2.54. The summed E-state index contributed by atoms with van der Waals surface area (Å²) in [7, 11) is 1.49. The van der Waals surface area contributed by atoms with E-state index in [-0.39, 0.29) is 45.5 Å². The van der Waals surface area contributed by atoms with Crippen LogP contribution >= 0.6 is 34.9 Å². The molecule has 15 nitrogen and oxygen atoms in total. The van der Waals surface area contributed by atoms with Crippen LogP contribution in [0, 0.1) is 0 Å². The number of hydrogen-bond acceptors (Lipinski definition) is 13. The molecule has 1 aromatic carbocycles. The monoisotopic (exact) mass is 630 g/mol.